The summed E-state index contributed by atoms with van der Waals surface area (Å²) in [7, 11) is -9.74. The van der Waals surface area contributed by atoms with Gasteiger partial charge in [-0.15, -0.1) is 0 Å². The SMILES string of the molecule is CCCCCC/C=C\CCCC(=O)O[C@H](CCCCCCC)CC(=O)NC(COCC[C@H](O)CCCCCCC)COP(=O)(O)OCCNC(=O)[C@H]1OC(C)(C)O[C@@H]1C(=O)NCCOP(=O)(O)OCC(COCC[C@H](O)CCCCCCC)NC(=O)C[C@@H](CCCCCCC)OC(=O)CCC/C=C\CCCCCC.[H-].[H-].[Na+].[Na+]. The Hall–Kier alpha value is -1.72. The number of carbonyl (C=O) groups excluding carboxylic acids is 6. The van der Waals surface area contributed by atoms with Crippen molar-refractivity contribution < 1.29 is 166 Å². The molecule has 4 unspecified atom stereocenters. The van der Waals surface area contributed by atoms with Crippen LogP contribution in [0, 0.1) is 0 Å². The Bertz CT molecular complexity index is 2350. The first kappa shape index (κ1) is 111. The summed E-state index contributed by atoms with van der Waals surface area (Å²) in [6.07, 6.45) is 39.9. The average Bonchev–Trinajstić information content (AvgIpc) is 1.66. The van der Waals surface area contributed by atoms with E-state index >= 15 is 0 Å². The molecule has 0 spiro atoms. The maximum atomic E-state index is 13.7. The Morgan fingerprint density at radius 1 is 0.414 bits per heavy atom. The molecule has 0 aromatic heterocycles. The molecule has 0 aromatic rings. The van der Waals surface area contributed by atoms with Crippen LogP contribution in [0.3, 0.4) is 0 Å². The van der Waals surface area contributed by atoms with E-state index in [1.54, 1.807) is 0 Å². The van der Waals surface area contributed by atoms with Crippen molar-refractivity contribution in [1.82, 2.24) is 21.3 Å². The normalized spacial score (nSPS) is 16.8. The van der Waals surface area contributed by atoms with Gasteiger partial charge in [0.05, 0.1) is 76.8 Å². The Labute approximate surface area is 716 Å². The number of phosphoric acid groups is 2. The maximum Gasteiger partial charge on any atom is 1.00 e. The summed E-state index contributed by atoms with van der Waals surface area (Å²) in [4.78, 5) is 103. The Morgan fingerprint density at radius 3 is 1.05 bits per heavy atom. The van der Waals surface area contributed by atoms with E-state index in [1.165, 1.54) is 52.4 Å². The van der Waals surface area contributed by atoms with Crippen molar-refractivity contribution in [2.75, 3.05) is 65.9 Å². The Kier molecular flexibility index (Phi) is 73.6. The van der Waals surface area contributed by atoms with Crippen LogP contribution in [0.1, 0.15) is 341 Å². The topological polar surface area (TPSA) is 358 Å². The number of rotatable bonds is 76. The summed E-state index contributed by atoms with van der Waals surface area (Å²) in [6.45, 7) is 12.8. The molecule has 1 heterocycles. The van der Waals surface area contributed by atoms with Gasteiger partial charge in [-0.1, -0.05) is 220 Å². The summed E-state index contributed by atoms with van der Waals surface area (Å²) >= 11 is 0. The van der Waals surface area contributed by atoms with E-state index in [4.69, 9.17) is 46.5 Å². The molecule has 10 atom stereocenters. The first-order valence-electron chi connectivity index (χ1n) is 42.4. The van der Waals surface area contributed by atoms with E-state index in [2.05, 4.69) is 87.1 Å². The number of amides is 4. The van der Waals surface area contributed by atoms with Crippen molar-refractivity contribution in [2.45, 2.75) is 392 Å². The van der Waals surface area contributed by atoms with E-state index in [0.29, 0.717) is 51.4 Å². The molecule has 1 saturated heterocycles. The molecule has 1 rings (SSSR count). The van der Waals surface area contributed by atoms with Gasteiger partial charge in [0.2, 0.25) is 11.8 Å². The number of esters is 2. The summed E-state index contributed by atoms with van der Waals surface area (Å²) < 4.78 is 82.9. The Balaban J connectivity index is -0.0000149. The quantitative estimate of drug-likeness (QED) is 0.00922. The number of allylic oxidation sites excluding steroid dienone is 4. The van der Waals surface area contributed by atoms with Crippen LogP contribution in [0.4, 0.5) is 0 Å². The van der Waals surface area contributed by atoms with Crippen molar-refractivity contribution in [3.63, 3.8) is 0 Å². The van der Waals surface area contributed by atoms with Gasteiger partial charge in [-0.2, -0.15) is 0 Å². The predicted octanol–water partition coefficient (Wildman–Crippen LogP) is 10.2. The van der Waals surface area contributed by atoms with Crippen LogP contribution < -0.4 is 80.4 Å². The number of phosphoric ester groups is 2. The molecular formula is C81H154N4Na2O22P2. The number of aliphatic hydroxyl groups excluding tert-OH is 2. The van der Waals surface area contributed by atoms with Gasteiger partial charge >= 0.3 is 86.7 Å². The molecule has 26 nitrogen and oxygen atoms in total. The van der Waals surface area contributed by atoms with E-state index in [-0.39, 0.29) is 127 Å². The fourth-order valence-electron chi connectivity index (χ4n) is 12.3. The summed E-state index contributed by atoms with van der Waals surface area (Å²) in [5, 5.41) is 31.9. The van der Waals surface area contributed by atoms with Gasteiger partial charge in [-0.05, 0) is 117 Å². The first-order valence-corrected chi connectivity index (χ1v) is 45.3. The molecule has 111 heavy (non-hydrogen) atoms. The van der Waals surface area contributed by atoms with Crippen LogP contribution in [0.15, 0.2) is 24.3 Å². The molecule has 0 saturated carbocycles. The second kappa shape index (κ2) is 73.4. The molecule has 8 N–H and O–H groups in total. The van der Waals surface area contributed by atoms with E-state index < -0.39 is 132 Å². The predicted molar refractivity (Wildman–Crippen MR) is 428 cm³/mol. The minimum Gasteiger partial charge on any atom is -1.00 e. The third-order valence-electron chi connectivity index (χ3n) is 18.6. The summed E-state index contributed by atoms with van der Waals surface area (Å²) in [5.74, 6) is -4.91. The fourth-order valence-corrected chi connectivity index (χ4v) is 13.8. The van der Waals surface area contributed by atoms with Crippen molar-refractivity contribution in [3.8, 4) is 0 Å². The second-order valence-electron chi connectivity index (χ2n) is 29.7. The van der Waals surface area contributed by atoms with E-state index in [1.807, 2.05) is 0 Å². The van der Waals surface area contributed by atoms with Crippen LogP contribution in [0.5, 0.6) is 0 Å². The Morgan fingerprint density at radius 2 is 0.721 bits per heavy atom. The largest absolute Gasteiger partial charge is 1.00 e. The average molecular weight is 1640 g/mol. The number of carbonyl (C=O) groups is 6. The number of ether oxygens (including phenoxy) is 6. The number of unbranched alkanes of at least 4 members (excludes halogenated alkanes) is 26. The minimum absolute atomic E-state index is 0. The molecule has 4 amide bonds. The van der Waals surface area contributed by atoms with Crippen molar-refractivity contribution >= 4 is 51.2 Å². The standard InChI is InChI=1S/C81H152N4O22P2.2Na.2H/c1-9-15-21-27-29-31-33-39-45-51-75(90)104-71(49-43-37-25-19-13-5)61-73(88)84-67(63-98-57-53-69(86)47-41-35-23-17-11-3)65-102-108(94,95)100-59-55-82-79(92)77-78(107-81(7,8)106-77)80(93)83-56-60-101-109(96,97)103-66-68(64-99-58-54-70(87)48-42-36-24-18-12-4)85-74(89)62-72(50-44-38-26-20-14-6)105-76(91)52-46-40-34-32-30-28-22-16-10-2;;;;/h31-34,67-72,77-78,86-87H,9-30,35-66H2,1-8H3,(H,82,92)(H,83,93)(H,84,88)(H,85,89)(H,94,95)(H,96,97);;;;/q;2*+1;2*-1/b33-31-,34-32-;;;;/t67?,68?,69-,70-,71-,72-,77+,78+;;;;/m1..../s1. The molecule has 30 heteroatoms. The molecule has 0 bridgehead atoms. The fraction of sp³-hybridized carbons (Fsp3) is 0.877. The monoisotopic (exact) mass is 1640 g/mol. The van der Waals surface area contributed by atoms with Gasteiger partial charge in [-0.25, -0.2) is 9.13 Å². The zero-order chi connectivity index (χ0) is 80.5. The molecule has 0 aliphatic carbocycles. The zero-order valence-corrected chi connectivity index (χ0v) is 76.4. The first-order chi connectivity index (χ1) is 52.4. The molecule has 1 aliphatic heterocycles. The molecule has 0 radical (unpaired) electrons. The number of hydrogen-bond acceptors (Lipinski definition) is 20. The summed E-state index contributed by atoms with van der Waals surface area (Å²) in [5.41, 5.74) is 0. The molecular weight excluding hydrogens is 1490 g/mol. The molecule has 642 valence electrons. The van der Waals surface area contributed by atoms with Gasteiger partial charge in [0, 0.05) is 39.1 Å². The van der Waals surface area contributed by atoms with Crippen molar-refractivity contribution in [3.05, 3.63) is 24.3 Å². The third-order valence-corrected chi connectivity index (χ3v) is 20.6. The molecule has 1 aliphatic rings. The second-order valence-corrected chi connectivity index (χ2v) is 32.6. The van der Waals surface area contributed by atoms with E-state index in [9.17, 15) is 57.9 Å². The van der Waals surface area contributed by atoms with Crippen molar-refractivity contribution in [1.29, 1.82) is 0 Å². The minimum atomic E-state index is -4.87. The molecule has 0 aromatic carbocycles. The smallest absolute Gasteiger partial charge is 1.00 e. The maximum absolute atomic E-state index is 13.7. The van der Waals surface area contributed by atoms with Gasteiger partial charge in [0.25, 0.3) is 11.8 Å². The van der Waals surface area contributed by atoms with Gasteiger partial charge < -0.3 is 72.5 Å². The zero-order valence-electron chi connectivity index (χ0n) is 72.6. The number of aliphatic hydroxyl groups is 2. The van der Waals surface area contributed by atoms with Crippen molar-refractivity contribution in [2.24, 2.45) is 0 Å². The van der Waals surface area contributed by atoms with E-state index in [0.717, 1.165) is 167 Å². The third kappa shape index (κ3) is 65.9. The summed E-state index contributed by atoms with van der Waals surface area (Å²) in [6, 6.07) is -1.96. The van der Waals surface area contributed by atoms with Crippen LogP contribution in [0.25, 0.3) is 0 Å². The number of nitrogens with one attached hydrogen (secondary N) is 4. The van der Waals surface area contributed by atoms with Crippen LogP contribution in [-0.4, -0.2) is 176 Å². The van der Waals surface area contributed by atoms with Gasteiger partial charge in [-0.3, -0.25) is 46.9 Å². The van der Waals surface area contributed by atoms with Crippen LogP contribution >= 0.6 is 15.6 Å². The number of hydrogen-bond donors (Lipinski definition) is 8. The van der Waals surface area contributed by atoms with Crippen LogP contribution in [0.2, 0.25) is 0 Å². The van der Waals surface area contributed by atoms with Gasteiger partial charge in [0.1, 0.15) is 12.2 Å². The van der Waals surface area contributed by atoms with Crippen LogP contribution in [-0.2, 0) is 84.4 Å². The molecule has 1 fully saturated rings. The van der Waals surface area contributed by atoms with Gasteiger partial charge in [0.15, 0.2) is 18.0 Å².